The molecule has 11 nitrogen and oxygen atoms in total. The molecule has 0 aromatic heterocycles. The summed E-state index contributed by atoms with van der Waals surface area (Å²) in [6.45, 7) is 7.55. The summed E-state index contributed by atoms with van der Waals surface area (Å²) in [5, 5.41) is 24.0. The number of aliphatic carboxylic acids is 1. The molecule has 3 saturated carbocycles. The lowest BCUT2D eigenvalue weighted by molar-refractivity contribution is -0.173. The number of carbonyl (C=O) groups is 6. The van der Waals surface area contributed by atoms with Gasteiger partial charge in [0, 0.05) is 43.2 Å². The summed E-state index contributed by atoms with van der Waals surface area (Å²) in [4.78, 5) is 76.2. The molecule has 0 aromatic carbocycles. The number of hydrogen-bond acceptors (Lipinski definition) is 9. The molecule has 254 valence electrons. The number of rotatable bonds is 10. The first-order valence-corrected chi connectivity index (χ1v) is 16.8. The normalized spacial score (nSPS) is 37.2. The number of allylic oxidation sites excluding steroid dienone is 1. The molecule has 5 rings (SSSR count). The van der Waals surface area contributed by atoms with Crippen LogP contribution in [0.1, 0.15) is 105 Å². The lowest BCUT2D eigenvalue weighted by atomic mass is 9.46. The zero-order chi connectivity index (χ0) is 33.7. The highest BCUT2D eigenvalue weighted by Crippen LogP contribution is 2.66. The number of carbonyl (C=O) groups excluding carboxylic acids is 5. The number of carboxylic acid groups (broad SMARTS) is 1. The van der Waals surface area contributed by atoms with Crippen LogP contribution in [0.3, 0.4) is 0 Å². The van der Waals surface area contributed by atoms with Gasteiger partial charge in [0.25, 0.3) is 0 Å². The van der Waals surface area contributed by atoms with Crippen LogP contribution in [0.4, 0.5) is 0 Å². The zero-order valence-corrected chi connectivity index (χ0v) is 27.5. The van der Waals surface area contributed by atoms with Gasteiger partial charge in [0.1, 0.15) is 11.4 Å². The van der Waals surface area contributed by atoms with E-state index in [-0.39, 0.29) is 72.8 Å². The largest absolute Gasteiger partial charge is 0.481 e. The van der Waals surface area contributed by atoms with E-state index >= 15 is 0 Å². The predicted molar refractivity (Wildman–Crippen MR) is 164 cm³/mol. The van der Waals surface area contributed by atoms with Crippen molar-refractivity contribution in [3.63, 3.8) is 0 Å². The Kier molecular flexibility index (Phi) is 9.43. The van der Waals surface area contributed by atoms with Gasteiger partial charge in [-0.15, -0.1) is 0 Å². The molecule has 1 saturated heterocycles. The number of Topliss-reactive ketones (excluding diaryl/α,β-unsaturated/α-hetero) is 2. The highest BCUT2D eigenvalue weighted by atomic mass is 16.5. The van der Waals surface area contributed by atoms with Crippen molar-refractivity contribution in [1.82, 2.24) is 5.32 Å². The molecular formula is C35H49NO10. The minimum absolute atomic E-state index is 0.00153. The second kappa shape index (κ2) is 12.6. The molecule has 0 spiro atoms. The number of ketones is 3. The maximum Gasteiger partial charge on any atom is 0.306 e. The maximum atomic E-state index is 13.8. The van der Waals surface area contributed by atoms with Gasteiger partial charge in [0.2, 0.25) is 11.7 Å². The molecule has 4 fully saturated rings. The smallest absolute Gasteiger partial charge is 0.306 e. The summed E-state index contributed by atoms with van der Waals surface area (Å²) in [6, 6.07) is -0.608. The number of aliphatic hydroxyl groups is 1. The number of esters is 1. The zero-order valence-electron chi connectivity index (χ0n) is 27.5. The van der Waals surface area contributed by atoms with Crippen molar-refractivity contribution >= 4 is 35.2 Å². The van der Waals surface area contributed by atoms with Crippen LogP contribution in [0.2, 0.25) is 0 Å². The first-order chi connectivity index (χ1) is 21.5. The Bertz CT molecular complexity index is 1340. The van der Waals surface area contributed by atoms with Gasteiger partial charge >= 0.3 is 11.9 Å². The highest BCUT2D eigenvalue weighted by Gasteiger charge is 2.68. The topological polar surface area (TPSA) is 173 Å². The van der Waals surface area contributed by atoms with E-state index in [1.807, 2.05) is 20.8 Å². The second-order valence-electron chi connectivity index (χ2n) is 15.5. The Morgan fingerprint density at radius 2 is 1.78 bits per heavy atom. The van der Waals surface area contributed by atoms with Crippen LogP contribution in [-0.2, 0) is 38.2 Å². The van der Waals surface area contributed by atoms with Crippen molar-refractivity contribution in [2.24, 2.45) is 34.5 Å². The van der Waals surface area contributed by atoms with Gasteiger partial charge in [-0.25, -0.2) is 0 Å². The average molecular weight is 644 g/mol. The SMILES string of the molecule is CC1(C)C[C@H]([C@@H](CC(=O)O)NC(=O)CCC(=O)OCC(=O)[C@@]2(O)CC[C@H]3[C@@H]4CCC5=CC(=O)CC[C@]5(C)[C@H]4C(=O)C[C@@]32C)CCO1. The van der Waals surface area contributed by atoms with Crippen molar-refractivity contribution in [3.8, 4) is 0 Å². The van der Waals surface area contributed by atoms with Crippen molar-refractivity contribution in [2.45, 2.75) is 122 Å². The fourth-order valence-electron chi connectivity index (χ4n) is 9.82. The molecule has 0 radical (unpaired) electrons. The Labute approximate surface area is 270 Å². The van der Waals surface area contributed by atoms with Gasteiger partial charge in [-0.1, -0.05) is 19.4 Å². The number of nitrogens with one attached hydrogen (secondary N) is 1. The molecule has 11 heteroatoms. The molecule has 4 aliphatic carbocycles. The second-order valence-corrected chi connectivity index (χ2v) is 15.5. The molecule has 1 amide bonds. The van der Waals surface area contributed by atoms with Gasteiger partial charge in [-0.05, 0) is 88.0 Å². The first kappa shape index (κ1) is 34.4. The Morgan fingerprint density at radius 3 is 2.48 bits per heavy atom. The Hall–Kier alpha value is -2.92. The van der Waals surface area contributed by atoms with Crippen molar-refractivity contribution in [1.29, 1.82) is 0 Å². The number of amides is 1. The third-order valence-corrected chi connectivity index (χ3v) is 12.2. The Morgan fingerprint density at radius 1 is 1.04 bits per heavy atom. The molecule has 46 heavy (non-hydrogen) atoms. The molecule has 5 aliphatic rings. The third-order valence-electron chi connectivity index (χ3n) is 12.2. The van der Waals surface area contributed by atoms with E-state index in [0.717, 1.165) is 18.4 Å². The van der Waals surface area contributed by atoms with E-state index in [2.05, 4.69) is 12.2 Å². The molecule has 0 bridgehead atoms. The summed E-state index contributed by atoms with van der Waals surface area (Å²) in [6.07, 6.45) is 5.46. The highest BCUT2D eigenvalue weighted by molar-refractivity contribution is 5.95. The van der Waals surface area contributed by atoms with Crippen LogP contribution >= 0.6 is 0 Å². The number of hydrogen-bond donors (Lipinski definition) is 3. The standard InChI is InChI=1S/C35H49NO10/c1-32(2)17-20(11-14-46-32)25(16-29(41)42)36-28(40)7-8-30(43)45-19-27(39)35(44)13-10-24-23-6-5-21-15-22(37)9-12-33(21,3)31(23)26(38)18-34(24,35)4/h15,20,23-25,31,44H,5-14,16-19H2,1-4H3,(H,36,40)(H,41,42)/t20-,23+,24+,25-,31-,33+,34+,35+/m1/s1. The summed E-state index contributed by atoms with van der Waals surface area (Å²) in [5.41, 5.74) is -2.57. The van der Waals surface area contributed by atoms with E-state index in [1.165, 1.54) is 0 Å². The van der Waals surface area contributed by atoms with Crippen LogP contribution < -0.4 is 5.32 Å². The average Bonchev–Trinajstić information content (AvgIpc) is 3.24. The van der Waals surface area contributed by atoms with Gasteiger partial charge in [-0.2, -0.15) is 0 Å². The molecule has 1 heterocycles. The van der Waals surface area contributed by atoms with Crippen molar-refractivity contribution in [2.75, 3.05) is 13.2 Å². The summed E-state index contributed by atoms with van der Waals surface area (Å²) in [7, 11) is 0. The minimum atomic E-state index is -1.82. The third kappa shape index (κ3) is 6.33. The van der Waals surface area contributed by atoms with Crippen LogP contribution in [0.5, 0.6) is 0 Å². The van der Waals surface area contributed by atoms with Crippen LogP contribution in [0, 0.1) is 34.5 Å². The van der Waals surface area contributed by atoms with E-state index in [1.54, 1.807) is 6.08 Å². The quantitative estimate of drug-likeness (QED) is 0.299. The Balaban J connectivity index is 1.16. The van der Waals surface area contributed by atoms with E-state index in [4.69, 9.17) is 9.47 Å². The van der Waals surface area contributed by atoms with E-state index in [9.17, 15) is 39.0 Å². The van der Waals surface area contributed by atoms with Gasteiger partial charge in [0.15, 0.2) is 12.4 Å². The summed E-state index contributed by atoms with van der Waals surface area (Å²) >= 11 is 0. The molecule has 1 aliphatic heterocycles. The van der Waals surface area contributed by atoms with Gasteiger partial charge in [-0.3, -0.25) is 28.8 Å². The lowest BCUT2D eigenvalue weighted by Gasteiger charge is -2.57. The lowest BCUT2D eigenvalue weighted by Crippen LogP contribution is -2.61. The molecule has 8 atom stereocenters. The number of ether oxygens (including phenoxy) is 2. The summed E-state index contributed by atoms with van der Waals surface area (Å²) < 4.78 is 11.0. The minimum Gasteiger partial charge on any atom is -0.481 e. The molecule has 0 unspecified atom stereocenters. The van der Waals surface area contributed by atoms with Crippen LogP contribution in [-0.4, -0.2) is 75.9 Å². The van der Waals surface area contributed by atoms with E-state index < -0.39 is 52.9 Å². The fraction of sp³-hybridized carbons (Fsp3) is 0.771. The summed E-state index contributed by atoms with van der Waals surface area (Å²) in [5.74, 6) is -3.20. The van der Waals surface area contributed by atoms with Crippen molar-refractivity contribution in [3.05, 3.63) is 11.6 Å². The van der Waals surface area contributed by atoms with Gasteiger partial charge in [0.05, 0.1) is 18.4 Å². The van der Waals surface area contributed by atoms with Crippen molar-refractivity contribution < 1.29 is 48.5 Å². The first-order valence-electron chi connectivity index (χ1n) is 16.8. The fourth-order valence-corrected chi connectivity index (χ4v) is 9.82. The molecule has 0 aromatic rings. The van der Waals surface area contributed by atoms with E-state index in [0.29, 0.717) is 38.7 Å². The monoisotopic (exact) mass is 643 g/mol. The number of fused-ring (bicyclic) bond motifs is 5. The van der Waals surface area contributed by atoms with Crippen LogP contribution in [0.15, 0.2) is 11.6 Å². The molecule has 3 N–H and O–H groups in total. The number of carboxylic acids is 1. The predicted octanol–water partition coefficient (Wildman–Crippen LogP) is 3.49. The van der Waals surface area contributed by atoms with Crippen LogP contribution in [0.25, 0.3) is 0 Å². The maximum absolute atomic E-state index is 13.8. The van der Waals surface area contributed by atoms with Gasteiger partial charge < -0.3 is 25.0 Å². The molecular weight excluding hydrogens is 594 g/mol.